The van der Waals surface area contributed by atoms with E-state index in [0.29, 0.717) is 10.9 Å². The van der Waals surface area contributed by atoms with Crippen LogP contribution in [0.5, 0.6) is 0 Å². The van der Waals surface area contributed by atoms with Crippen molar-refractivity contribution >= 4 is 17.8 Å². The molecule has 2 heterocycles. The van der Waals surface area contributed by atoms with Crippen LogP contribution in [0.15, 0.2) is 60.8 Å². The number of imide groups is 1. The number of nitrogens with zero attached hydrogens (tertiary/aromatic N) is 2. The maximum atomic E-state index is 12.2. The smallest absolute Gasteiger partial charge is 0.332 e. The van der Waals surface area contributed by atoms with E-state index >= 15 is 0 Å². The van der Waals surface area contributed by atoms with E-state index in [9.17, 15) is 14.4 Å². The molecule has 1 aromatic heterocycles. The molecule has 2 amide bonds. The van der Waals surface area contributed by atoms with Crippen LogP contribution in [-0.4, -0.2) is 32.8 Å². The van der Waals surface area contributed by atoms with Gasteiger partial charge < -0.3 is 9.82 Å². The number of nitrogens with one attached hydrogen (secondary N) is 1. The summed E-state index contributed by atoms with van der Waals surface area (Å²) in [5.74, 6) is -1.73. The first-order chi connectivity index (χ1) is 12.1. The molecule has 4 rings (SSSR count). The van der Waals surface area contributed by atoms with Gasteiger partial charge >= 0.3 is 5.97 Å². The Labute approximate surface area is 141 Å². The minimum atomic E-state index is -0.871. The van der Waals surface area contributed by atoms with Gasteiger partial charge in [0.1, 0.15) is 11.5 Å². The highest BCUT2D eigenvalue weighted by molar-refractivity contribution is 6.21. The molecule has 0 atom stereocenters. The number of rotatable bonds is 3. The van der Waals surface area contributed by atoms with Crippen molar-refractivity contribution < 1.29 is 19.2 Å². The molecule has 0 fully saturated rings. The topological polar surface area (TPSA) is 92.4 Å². The van der Waals surface area contributed by atoms with Crippen LogP contribution in [-0.2, 0) is 4.84 Å². The molecular weight excluding hydrogens is 322 g/mol. The Morgan fingerprint density at radius 1 is 0.920 bits per heavy atom. The minimum Gasteiger partial charge on any atom is -0.332 e. The van der Waals surface area contributed by atoms with Crippen LogP contribution in [0.4, 0.5) is 0 Å². The van der Waals surface area contributed by atoms with E-state index in [4.69, 9.17) is 4.84 Å². The molecule has 7 heteroatoms. The number of imidazole rings is 1. The van der Waals surface area contributed by atoms with E-state index < -0.39 is 17.8 Å². The Hall–Kier alpha value is -3.74. The molecule has 0 spiro atoms. The Morgan fingerprint density at radius 2 is 1.52 bits per heavy atom. The molecule has 1 N–H and O–H groups in total. The molecule has 1 aliphatic rings. The zero-order valence-corrected chi connectivity index (χ0v) is 12.8. The highest BCUT2D eigenvalue weighted by Gasteiger charge is 2.39. The van der Waals surface area contributed by atoms with Crippen molar-refractivity contribution in [2.45, 2.75) is 0 Å². The van der Waals surface area contributed by atoms with Gasteiger partial charge in [0.15, 0.2) is 0 Å². The number of hydrogen-bond acceptors (Lipinski definition) is 5. The third-order valence-corrected chi connectivity index (χ3v) is 3.77. The number of aromatic amines is 1. The predicted molar refractivity (Wildman–Crippen MR) is 86.4 cm³/mol. The standard InChI is InChI=1S/C18H11N3O4/c22-16-12-8-4-5-9-13(12)17(23)21(16)25-18(24)14-10-19-15(20-14)11-6-2-1-3-7-11/h1-10H,(H,19,20). The maximum absolute atomic E-state index is 12.2. The first-order valence-corrected chi connectivity index (χ1v) is 7.45. The van der Waals surface area contributed by atoms with Crippen LogP contribution in [0.2, 0.25) is 0 Å². The second-order valence-corrected chi connectivity index (χ2v) is 5.34. The quantitative estimate of drug-likeness (QED) is 0.743. The lowest BCUT2D eigenvalue weighted by Gasteiger charge is -2.11. The van der Waals surface area contributed by atoms with Crippen LogP contribution < -0.4 is 0 Å². The summed E-state index contributed by atoms with van der Waals surface area (Å²) in [7, 11) is 0. The van der Waals surface area contributed by atoms with Gasteiger partial charge in [0.05, 0.1) is 17.3 Å². The summed E-state index contributed by atoms with van der Waals surface area (Å²) in [5, 5.41) is 0.468. The number of benzene rings is 2. The third kappa shape index (κ3) is 2.47. The van der Waals surface area contributed by atoms with E-state index in [-0.39, 0.29) is 16.8 Å². The van der Waals surface area contributed by atoms with Crippen molar-refractivity contribution in [3.63, 3.8) is 0 Å². The molecule has 0 saturated heterocycles. The molecule has 7 nitrogen and oxygen atoms in total. The molecule has 0 saturated carbocycles. The summed E-state index contributed by atoms with van der Waals surface area (Å²) in [6.07, 6.45) is 1.29. The van der Waals surface area contributed by atoms with Gasteiger partial charge in [0, 0.05) is 5.56 Å². The number of hydrogen-bond donors (Lipinski definition) is 1. The van der Waals surface area contributed by atoms with Gasteiger partial charge in [-0.1, -0.05) is 47.5 Å². The fraction of sp³-hybridized carbons (Fsp3) is 0. The van der Waals surface area contributed by atoms with Gasteiger partial charge in [0.25, 0.3) is 11.8 Å². The molecule has 122 valence electrons. The highest BCUT2D eigenvalue weighted by Crippen LogP contribution is 2.23. The lowest BCUT2D eigenvalue weighted by molar-refractivity contribution is -0.0588. The lowest BCUT2D eigenvalue weighted by Crippen LogP contribution is -2.32. The summed E-state index contributed by atoms with van der Waals surface area (Å²) in [4.78, 5) is 48.6. The van der Waals surface area contributed by atoms with E-state index in [1.54, 1.807) is 12.1 Å². The third-order valence-electron chi connectivity index (χ3n) is 3.77. The van der Waals surface area contributed by atoms with Gasteiger partial charge in [-0.05, 0) is 12.1 Å². The molecule has 0 bridgehead atoms. The van der Waals surface area contributed by atoms with Crippen LogP contribution in [0, 0.1) is 0 Å². The molecule has 25 heavy (non-hydrogen) atoms. The maximum Gasteiger partial charge on any atom is 0.381 e. The zero-order chi connectivity index (χ0) is 17.4. The van der Waals surface area contributed by atoms with Crippen molar-refractivity contribution in [3.05, 3.63) is 77.6 Å². The normalized spacial score (nSPS) is 13.0. The predicted octanol–water partition coefficient (Wildman–Crippen LogP) is 2.44. The molecule has 1 aliphatic heterocycles. The van der Waals surface area contributed by atoms with Crippen molar-refractivity contribution in [2.75, 3.05) is 0 Å². The fourth-order valence-corrected chi connectivity index (χ4v) is 2.55. The number of amides is 2. The Kier molecular flexibility index (Phi) is 3.39. The van der Waals surface area contributed by atoms with Crippen molar-refractivity contribution in [1.82, 2.24) is 15.0 Å². The summed E-state index contributed by atoms with van der Waals surface area (Å²) in [6.45, 7) is 0. The number of carbonyl (C=O) groups is 3. The number of hydroxylamine groups is 2. The van der Waals surface area contributed by atoms with Crippen LogP contribution in [0.25, 0.3) is 11.4 Å². The van der Waals surface area contributed by atoms with Crippen molar-refractivity contribution in [1.29, 1.82) is 0 Å². The van der Waals surface area contributed by atoms with Crippen LogP contribution in [0.3, 0.4) is 0 Å². The van der Waals surface area contributed by atoms with Crippen LogP contribution >= 0.6 is 0 Å². The zero-order valence-electron chi connectivity index (χ0n) is 12.8. The van der Waals surface area contributed by atoms with Crippen LogP contribution in [0.1, 0.15) is 31.2 Å². The molecule has 0 unspecified atom stereocenters. The fourth-order valence-electron chi connectivity index (χ4n) is 2.55. The van der Waals surface area contributed by atoms with Gasteiger partial charge in [0.2, 0.25) is 0 Å². The van der Waals surface area contributed by atoms with Gasteiger partial charge in [-0.15, -0.1) is 0 Å². The Bertz CT molecular complexity index is 959. The van der Waals surface area contributed by atoms with Gasteiger partial charge in [-0.3, -0.25) is 9.59 Å². The van der Waals surface area contributed by atoms with Crippen molar-refractivity contribution in [3.8, 4) is 11.4 Å². The van der Waals surface area contributed by atoms with E-state index in [1.807, 2.05) is 30.3 Å². The molecule has 2 aromatic carbocycles. The number of H-pyrrole nitrogens is 1. The van der Waals surface area contributed by atoms with Crippen molar-refractivity contribution in [2.24, 2.45) is 0 Å². The van der Waals surface area contributed by atoms with E-state index in [2.05, 4.69) is 9.97 Å². The number of carbonyl (C=O) groups excluding carboxylic acids is 3. The minimum absolute atomic E-state index is 0.0374. The molecule has 0 radical (unpaired) electrons. The summed E-state index contributed by atoms with van der Waals surface area (Å²) < 4.78 is 0. The summed E-state index contributed by atoms with van der Waals surface area (Å²) >= 11 is 0. The second kappa shape index (κ2) is 5.72. The molecule has 3 aromatic rings. The largest absolute Gasteiger partial charge is 0.381 e. The summed E-state index contributed by atoms with van der Waals surface area (Å²) in [5.41, 5.74) is 1.24. The molecule has 0 aliphatic carbocycles. The first kappa shape index (κ1) is 14.8. The Morgan fingerprint density at radius 3 is 2.16 bits per heavy atom. The number of fused-ring (bicyclic) bond motifs is 1. The second-order valence-electron chi connectivity index (χ2n) is 5.34. The molecular formula is C18H11N3O4. The average molecular weight is 333 g/mol. The highest BCUT2D eigenvalue weighted by atomic mass is 16.7. The SMILES string of the molecule is O=C(ON1C(=O)c2ccccc2C1=O)c1cnc(-c2ccccc2)[nH]1. The first-order valence-electron chi connectivity index (χ1n) is 7.45. The lowest BCUT2D eigenvalue weighted by atomic mass is 10.1. The van der Waals surface area contributed by atoms with E-state index in [1.165, 1.54) is 18.3 Å². The summed E-state index contributed by atoms with van der Waals surface area (Å²) in [6, 6.07) is 15.5. The van der Waals surface area contributed by atoms with E-state index in [0.717, 1.165) is 5.56 Å². The van der Waals surface area contributed by atoms with Gasteiger partial charge in [-0.25, -0.2) is 9.78 Å². The number of aromatic nitrogens is 2. The monoisotopic (exact) mass is 333 g/mol. The Balaban J connectivity index is 1.55. The van der Waals surface area contributed by atoms with Gasteiger partial charge in [-0.2, -0.15) is 0 Å². The average Bonchev–Trinajstić information content (AvgIpc) is 3.23.